The minimum absolute atomic E-state index is 0.112. The third-order valence-electron chi connectivity index (χ3n) is 1.67. The molecule has 0 heterocycles. The molecule has 0 saturated heterocycles. The van der Waals surface area contributed by atoms with Crippen LogP contribution in [0.15, 0.2) is 29.2 Å². The van der Waals surface area contributed by atoms with Gasteiger partial charge in [0, 0.05) is 4.11 Å². The van der Waals surface area contributed by atoms with Gasteiger partial charge < -0.3 is 4.74 Å². The molecule has 0 saturated carbocycles. The first-order valence-corrected chi connectivity index (χ1v) is 6.61. The van der Waals surface area contributed by atoms with E-state index in [0.717, 1.165) is 0 Å². The molecule has 0 bridgehead atoms. The topological polar surface area (TPSA) is 60.4 Å². The molecule has 0 aliphatic rings. The van der Waals surface area contributed by atoms with Crippen molar-refractivity contribution in [2.24, 2.45) is 0 Å². The minimum Gasteiger partial charge on any atom is -0.465 e. The van der Waals surface area contributed by atoms with Crippen LogP contribution < -0.4 is 0 Å². The van der Waals surface area contributed by atoms with E-state index in [1.807, 2.05) is 0 Å². The molecular formula is C9H10O4S2. The van der Waals surface area contributed by atoms with E-state index in [1.54, 1.807) is 0 Å². The van der Waals surface area contributed by atoms with Gasteiger partial charge in [-0.1, -0.05) is 0 Å². The van der Waals surface area contributed by atoms with E-state index in [1.165, 1.54) is 31.4 Å². The molecule has 0 aliphatic heterocycles. The average Bonchev–Trinajstić information content (AvgIpc) is 2.25. The van der Waals surface area contributed by atoms with Gasteiger partial charge in [-0.3, -0.25) is 0 Å². The van der Waals surface area contributed by atoms with E-state index in [0.29, 0.717) is 0 Å². The lowest BCUT2D eigenvalue weighted by Crippen LogP contribution is -2.01. The van der Waals surface area contributed by atoms with Crippen LogP contribution >= 0.6 is 10.8 Å². The van der Waals surface area contributed by atoms with Crippen molar-refractivity contribution in [1.29, 1.82) is 0 Å². The predicted octanol–water partition coefficient (Wildman–Crippen LogP) is 1.52. The summed E-state index contributed by atoms with van der Waals surface area (Å²) in [6.07, 6.45) is -2.64. The molecule has 0 N–H and O–H groups in total. The molecule has 0 fully saturated rings. The summed E-state index contributed by atoms with van der Waals surface area (Å²) in [6, 6.07) is 4.86. The molecule has 82 valence electrons. The SMILES string of the molecule is [2H]C([2H])([2H])SS(=O)(=O)c1ccc(C(=O)OC)cc1. The molecule has 0 aromatic heterocycles. The van der Waals surface area contributed by atoms with Crippen molar-refractivity contribution >= 4 is 25.6 Å². The zero-order valence-electron chi connectivity index (χ0n) is 10.8. The molecule has 0 aliphatic carbocycles. The maximum absolute atomic E-state index is 11.7. The summed E-state index contributed by atoms with van der Waals surface area (Å²) in [5, 5.41) is 0. The van der Waals surface area contributed by atoms with Crippen LogP contribution in [0.25, 0.3) is 0 Å². The monoisotopic (exact) mass is 249 g/mol. The zero-order chi connectivity index (χ0) is 14.0. The van der Waals surface area contributed by atoms with Crippen LogP contribution in [0.3, 0.4) is 0 Å². The van der Waals surface area contributed by atoms with Gasteiger partial charge in [-0.15, -0.1) is 0 Å². The highest BCUT2D eigenvalue weighted by Gasteiger charge is 2.13. The summed E-state index contributed by atoms with van der Waals surface area (Å²) >= 11 is 0. The van der Waals surface area contributed by atoms with Gasteiger partial charge in [0.15, 0.2) is 0 Å². The third-order valence-corrected chi connectivity index (χ3v) is 3.98. The fourth-order valence-electron chi connectivity index (χ4n) is 0.924. The summed E-state index contributed by atoms with van der Waals surface area (Å²) in [5.74, 6) is -0.595. The highest BCUT2D eigenvalue weighted by Crippen LogP contribution is 2.20. The molecule has 1 aromatic carbocycles. The molecule has 0 amide bonds. The van der Waals surface area contributed by atoms with Gasteiger partial charge in [0.25, 0.3) is 0 Å². The number of methoxy groups -OCH3 is 1. The fraction of sp³-hybridized carbons (Fsp3) is 0.222. The van der Waals surface area contributed by atoms with Crippen molar-refractivity contribution < 1.29 is 22.1 Å². The number of carbonyl (C=O) groups excluding carboxylic acids is 1. The van der Waals surface area contributed by atoms with E-state index in [4.69, 9.17) is 4.11 Å². The van der Waals surface area contributed by atoms with Crippen molar-refractivity contribution in [3.05, 3.63) is 29.8 Å². The maximum Gasteiger partial charge on any atom is 0.337 e. The molecule has 0 spiro atoms. The zero-order valence-corrected chi connectivity index (χ0v) is 9.39. The summed E-state index contributed by atoms with van der Waals surface area (Å²) in [5.41, 5.74) is 0.190. The van der Waals surface area contributed by atoms with Gasteiger partial charge in [-0.25, -0.2) is 13.2 Å². The van der Waals surface area contributed by atoms with Crippen LogP contribution in [-0.4, -0.2) is 27.7 Å². The van der Waals surface area contributed by atoms with Crippen molar-refractivity contribution in [3.63, 3.8) is 0 Å². The van der Waals surface area contributed by atoms with E-state index in [9.17, 15) is 13.2 Å². The lowest BCUT2D eigenvalue weighted by molar-refractivity contribution is 0.0600. The molecule has 0 atom stereocenters. The van der Waals surface area contributed by atoms with Gasteiger partial charge >= 0.3 is 5.97 Å². The average molecular weight is 249 g/mol. The molecule has 4 nitrogen and oxygen atoms in total. The number of benzene rings is 1. The summed E-state index contributed by atoms with van der Waals surface area (Å²) in [4.78, 5) is 11.0. The Bertz CT molecular complexity index is 534. The smallest absolute Gasteiger partial charge is 0.337 e. The molecule has 0 radical (unpaired) electrons. The maximum atomic E-state index is 11.7. The van der Waals surface area contributed by atoms with Crippen molar-refractivity contribution in [3.8, 4) is 0 Å². The third kappa shape index (κ3) is 2.73. The minimum atomic E-state index is -3.97. The highest BCUT2D eigenvalue weighted by atomic mass is 33.1. The van der Waals surface area contributed by atoms with Crippen molar-refractivity contribution in [1.82, 2.24) is 0 Å². The van der Waals surface area contributed by atoms with Crippen molar-refractivity contribution in [2.75, 3.05) is 13.3 Å². The van der Waals surface area contributed by atoms with Gasteiger partial charge in [-0.2, -0.15) is 0 Å². The van der Waals surface area contributed by atoms with Crippen LogP contribution in [0.1, 0.15) is 14.5 Å². The number of hydrogen-bond donors (Lipinski definition) is 0. The van der Waals surface area contributed by atoms with Crippen LogP contribution in [-0.2, 0) is 13.6 Å². The van der Waals surface area contributed by atoms with Crippen LogP contribution in [0.4, 0.5) is 0 Å². The Labute approximate surface area is 96.2 Å². The Balaban J connectivity index is 3.02. The van der Waals surface area contributed by atoms with Crippen LogP contribution in [0.2, 0.25) is 0 Å². The lowest BCUT2D eigenvalue weighted by Gasteiger charge is -2.02. The molecule has 1 aromatic rings. The molecule has 15 heavy (non-hydrogen) atoms. The second kappa shape index (κ2) is 4.67. The second-order valence-corrected chi connectivity index (χ2v) is 5.92. The van der Waals surface area contributed by atoms with E-state index in [2.05, 4.69) is 4.74 Å². The van der Waals surface area contributed by atoms with E-state index in [-0.39, 0.29) is 21.3 Å². The predicted molar refractivity (Wildman–Crippen MR) is 58.5 cm³/mol. The Hall–Kier alpha value is -1.01. The summed E-state index contributed by atoms with van der Waals surface area (Å²) in [7, 11) is -2.87. The van der Waals surface area contributed by atoms with E-state index < -0.39 is 21.0 Å². The Kier molecular flexibility index (Phi) is 2.55. The number of hydrogen-bond acceptors (Lipinski definition) is 5. The second-order valence-electron chi connectivity index (χ2n) is 2.55. The molecule has 1 rings (SSSR count). The number of esters is 1. The van der Waals surface area contributed by atoms with Gasteiger partial charge in [0.2, 0.25) is 8.87 Å². The largest absolute Gasteiger partial charge is 0.465 e. The Morgan fingerprint density at radius 1 is 1.40 bits per heavy atom. The summed E-state index contributed by atoms with van der Waals surface area (Å²) in [6.45, 7) is 0. The fourth-order valence-corrected chi connectivity index (χ4v) is 2.11. The van der Waals surface area contributed by atoms with Gasteiger partial charge in [-0.05, 0) is 41.2 Å². The van der Waals surface area contributed by atoms with Crippen LogP contribution in [0.5, 0.6) is 0 Å². The molecule has 6 heteroatoms. The van der Waals surface area contributed by atoms with Crippen LogP contribution in [0, 0.1) is 0 Å². The van der Waals surface area contributed by atoms with Crippen molar-refractivity contribution in [2.45, 2.75) is 4.90 Å². The highest BCUT2D eigenvalue weighted by molar-refractivity contribution is 8.71. The lowest BCUT2D eigenvalue weighted by atomic mass is 10.2. The first-order chi connectivity index (χ1) is 8.15. The standard InChI is InChI=1S/C9H10O4S2/c1-13-9(10)7-3-5-8(6-4-7)15(11,12)14-2/h3-6H,1-2H3/i2D3. The number of carbonyl (C=O) groups is 1. The quantitative estimate of drug-likeness (QED) is 0.600. The van der Waals surface area contributed by atoms with E-state index >= 15 is 0 Å². The Morgan fingerprint density at radius 2 is 2.00 bits per heavy atom. The van der Waals surface area contributed by atoms with Gasteiger partial charge in [0.05, 0.1) is 17.6 Å². The molecule has 0 unspecified atom stereocenters. The Morgan fingerprint density at radius 3 is 2.47 bits per heavy atom. The number of ether oxygens (including phenoxy) is 1. The normalized spacial score (nSPS) is 14.9. The number of rotatable bonds is 3. The summed E-state index contributed by atoms with van der Waals surface area (Å²) < 4.78 is 48.6. The first kappa shape index (κ1) is 8.18. The van der Waals surface area contributed by atoms with Gasteiger partial charge in [0.1, 0.15) is 0 Å². The first-order valence-electron chi connectivity index (χ1n) is 5.30. The molecular weight excluding hydrogens is 236 g/mol.